The normalized spacial score (nSPS) is 18.6. The second-order valence-electron chi connectivity index (χ2n) is 12.1. The Morgan fingerprint density at radius 2 is 1.33 bits per heavy atom. The quantitative estimate of drug-likeness (QED) is 0.203. The van der Waals surface area contributed by atoms with Crippen molar-refractivity contribution in [1.82, 2.24) is 45.0 Å². The molecule has 4 aromatic rings. The second-order valence-corrected chi connectivity index (χ2v) is 12.1. The van der Waals surface area contributed by atoms with Crippen molar-refractivity contribution in [1.29, 1.82) is 0 Å². The van der Waals surface area contributed by atoms with E-state index < -0.39 is 24.3 Å². The van der Waals surface area contributed by atoms with Gasteiger partial charge >= 0.3 is 12.2 Å². The number of alkyl carbamates (subject to hydrolysis) is 1. The van der Waals surface area contributed by atoms with E-state index in [2.05, 4.69) is 40.0 Å². The smallest absolute Gasteiger partial charge is 0.407 e. The third kappa shape index (κ3) is 7.07. The molecule has 2 aliphatic rings. The number of ether oxygens (including phenoxy) is 2. The molecule has 2 saturated heterocycles. The van der Waals surface area contributed by atoms with Crippen LogP contribution in [0.5, 0.6) is 0 Å². The Morgan fingerprint density at radius 1 is 0.796 bits per heavy atom. The van der Waals surface area contributed by atoms with E-state index in [1.807, 2.05) is 24.3 Å². The number of hydrogen-bond donors (Lipinski definition) is 4. The average molecular weight is 671 g/mol. The van der Waals surface area contributed by atoms with Gasteiger partial charge in [0.25, 0.3) is 5.91 Å². The van der Waals surface area contributed by atoms with Crippen molar-refractivity contribution >= 4 is 24.0 Å². The maximum atomic E-state index is 13.0. The van der Waals surface area contributed by atoms with Gasteiger partial charge in [0.05, 0.1) is 43.0 Å². The topological polar surface area (TPSA) is 214 Å². The molecule has 4 atom stereocenters. The van der Waals surface area contributed by atoms with Crippen molar-refractivity contribution in [2.75, 3.05) is 20.2 Å². The van der Waals surface area contributed by atoms with Crippen LogP contribution in [0.1, 0.15) is 63.3 Å². The Bertz CT molecular complexity index is 1820. The Labute approximate surface area is 281 Å². The number of H-pyrrole nitrogens is 2. The van der Waals surface area contributed by atoms with E-state index in [1.54, 1.807) is 41.5 Å². The molecule has 0 spiro atoms. The zero-order chi connectivity index (χ0) is 34.7. The van der Waals surface area contributed by atoms with Crippen molar-refractivity contribution in [3.63, 3.8) is 0 Å². The number of nitrogens with two attached hydrogens (primary N) is 1. The number of nitrogens with zero attached hydrogens (tertiary/aromatic N) is 6. The summed E-state index contributed by atoms with van der Waals surface area (Å²) < 4.78 is 9.51. The van der Waals surface area contributed by atoms with Gasteiger partial charge in [-0.2, -0.15) is 0 Å². The van der Waals surface area contributed by atoms with Gasteiger partial charge in [-0.25, -0.2) is 29.5 Å². The first-order valence-electron chi connectivity index (χ1n) is 16.1. The fourth-order valence-corrected chi connectivity index (χ4v) is 6.35. The fourth-order valence-electron chi connectivity index (χ4n) is 6.35. The third-order valence-corrected chi connectivity index (χ3v) is 8.84. The van der Waals surface area contributed by atoms with E-state index in [9.17, 15) is 19.2 Å². The molecular weight excluding hydrogens is 632 g/mol. The number of primary amides is 1. The number of aromatic nitrogens is 6. The zero-order valence-corrected chi connectivity index (χ0v) is 27.4. The molecule has 256 valence electrons. The highest BCUT2D eigenvalue weighted by Gasteiger charge is 2.36. The molecule has 16 nitrogen and oxygen atoms in total. The molecule has 49 heavy (non-hydrogen) atoms. The number of aromatic amines is 2. The largest absolute Gasteiger partial charge is 0.453 e. The lowest BCUT2D eigenvalue weighted by molar-refractivity contribution is -0.140. The summed E-state index contributed by atoms with van der Waals surface area (Å²) in [5.41, 5.74) is 9.09. The van der Waals surface area contributed by atoms with Crippen LogP contribution >= 0.6 is 0 Å². The van der Waals surface area contributed by atoms with Gasteiger partial charge < -0.3 is 40.3 Å². The highest BCUT2D eigenvalue weighted by Crippen LogP contribution is 2.34. The first kappa shape index (κ1) is 33.1. The number of imidazole rings is 2. The highest BCUT2D eigenvalue weighted by atomic mass is 16.6. The molecule has 0 aliphatic carbocycles. The van der Waals surface area contributed by atoms with E-state index in [0.29, 0.717) is 30.6 Å². The number of amides is 4. The Hall–Kier alpha value is -5.80. The Morgan fingerprint density at radius 3 is 1.88 bits per heavy atom. The summed E-state index contributed by atoms with van der Waals surface area (Å²) in [6.45, 7) is 4.25. The van der Waals surface area contributed by atoms with Gasteiger partial charge in [-0.3, -0.25) is 9.59 Å². The van der Waals surface area contributed by atoms with Crippen molar-refractivity contribution in [3.05, 3.63) is 60.7 Å². The summed E-state index contributed by atoms with van der Waals surface area (Å²) in [6.07, 6.45) is 7.39. The number of rotatable bonds is 9. The van der Waals surface area contributed by atoms with Crippen LogP contribution in [0.25, 0.3) is 33.9 Å². The molecule has 4 amide bonds. The van der Waals surface area contributed by atoms with E-state index in [-0.39, 0.29) is 23.9 Å². The van der Waals surface area contributed by atoms with Crippen LogP contribution in [0.4, 0.5) is 9.59 Å². The van der Waals surface area contributed by atoms with Crippen LogP contribution in [-0.4, -0.2) is 96.0 Å². The van der Waals surface area contributed by atoms with Crippen LogP contribution < -0.4 is 11.1 Å². The van der Waals surface area contributed by atoms with Gasteiger partial charge in [-0.1, -0.05) is 24.3 Å². The molecular formula is C33H38N10O6. The van der Waals surface area contributed by atoms with Crippen LogP contribution in [0, 0.1) is 0 Å². The summed E-state index contributed by atoms with van der Waals surface area (Å²) in [5.74, 6) is 1.36. The van der Waals surface area contributed by atoms with E-state index in [0.717, 1.165) is 53.8 Å². The van der Waals surface area contributed by atoms with Crippen LogP contribution in [-0.2, 0) is 19.1 Å². The molecule has 2 aliphatic heterocycles. The molecule has 1 aromatic carbocycles. The van der Waals surface area contributed by atoms with Crippen LogP contribution in [0.15, 0.2) is 49.1 Å². The number of methoxy groups -OCH3 is 1. The average Bonchev–Trinajstić information content (AvgIpc) is 3.94. The molecule has 6 rings (SSSR count). The van der Waals surface area contributed by atoms with Gasteiger partial charge in [0.2, 0.25) is 5.91 Å². The van der Waals surface area contributed by atoms with Gasteiger partial charge in [-0.05, 0) is 45.1 Å². The van der Waals surface area contributed by atoms with Gasteiger partial charge in [0, 0.05) is 36.6 Å². The molecule has 2 fully saturated rings. The summed E-state index contributed by atoms with van der Waals surface area (Å²) in [6, 6.07) is 6.53. The lowest BCUT2D eigenvalue weighted by atomic mass is 10.1. The number of hydrogen-bond acceptors (Lipinski definition) is 10. The number of nitrogens with one attached hydrogen (secondary N) is 3. The minimum Gasteiger partial charge on any atom is -0.453 e. The van der Waals surface area contributed by atoms with Crippen LogP contribution in [0.3, 0.4) is 0 Å². The predicted octanol–water partition coefficient (Wildman–Crippen LogP) is 3.48. The lowest BCUT2D eigenvalue weighted by Gasteiger charge is -2.26. The van der Waals surface area contributed by atoms with Gasteiger partial charge in [0.1, 0.15) is 17.7 Å². The van der Waals surface area contributed by atoms with E-state index in [1.165, 1.54) is 14.0 Å². The number of carbonyl (C=O) groups is 4. The molecule has 0 saturated carbocycles. The minimum absolute atomic E-state index is 0.201. The summed E-state index contributed by atoms with van der Waals surface area (Å²) >= 11 is 0. The molecule has 5 heterocycles. The number of benzene rings is 1. The molecule has 16 heteroatoms. The molecule has 0 unspecified atom stereocenters. The monoisotopic (exact) mass is 670 g/mol. The van der Waals surface area contributed by atoms with Gasteiger partial charge in [0.15, 0.2) is 11.9 Å². The highest BCUT2D eigenvalue weighted by molar-refractivity contribution is 5.86. The van der Waals surface area contributed by atoms with E-state index >= 15 is 0 Å². The standard InChI is InChI=1S/C33H38N10O6/c1-18(39-33(47)48-3)30(44)42-12-4-6-25(42)28-38-17-24(41-28)22-14-35-27(36-15-22)21-10-8-20(9-11-21)23-16-37-29(40-23)26-7-5-13-43(26)31(45)19(2)49-32(34)46/h8-11,14-19,25-26H,4-7,12-13H2,1-3H3,(H2,34,46)(H,37,40)(H,38,41)(H,39,47)/t18-,19-,25-,26-/m0/s1. The Kier molecular flexibility index (Phi) is 9.55. The number of likely N-dealkylation sites (tertiary alicyclic amines) is 2. The minimum atomic E-state index is -0.987. The lowest BCUT2D eigenvalue weighted by Crippen LogP contribution is -2.46. The second kappa shape index (κ2) is 14.1. The zero-order valence-electron chi connectivity index (χ0n) is 27.4. The predicted molar refractivity (Wildman–Crippen MR) is 175 cm³/mol. The third-order valence-electron chi connectivity index (χ3n) is 8.84. The van der Waals surface area contributed by atoms with E-state index in [4.69, 9.17) is 10.5 Å². The maximum absolute atomic E-state index is 13.0. The molecule has 0 bridgehead atoms. The van der Waals surface area contributed by atoms with Gasteiger partial charge in [-0.15, -0.1) is 0 Å². The summed E-state index contributed by atoms with van der Waals surface area (Å²) in [7, 11) is 1.26. The summed E-state index contributed by atoms with van der Waals surface area (Å²) in [5, 5.41) is 2.53. The molecule has 3 aromatic heterocycles. The molecule has 5 N–H and O–H groups in total. The fraction of sp³-hybridized carbons (Fsp3) is 0.394. The van der Waals surface area contributed by atoms with Crippen LogP contribution in [0.2, 0.25) is 0 Å². The van der Waals surface area contributed by atoms with Crippen molar-refractivity contribution in [2.45, 2.75) is 63.8 Å². The van der Waals surface area contributed by atoms with Crippen molar-refractivity contribution in [2.24, 2.45) is 5.73 Å². The first-order chi connectivity index (χ1) is 23.6. The van der Waals surface area contributed by atoms with Crippen molar-refractivity contribution in [3.8, 4) is 33.9 Å². The Balaban J connectivity index is 1.10. The molecule has 0 radical (unpaired) electrons. The summed E-state index contributed by atoms with van der Waals surface area (Å²) in [4.78, 5) is 76.9. The SMILES string of the molecule is COC(=O)N[C@@H](C)C(=O)N1CCC[C@H]1c1ncc(-c2cnc(-c3ccc(-c4cnc([C@@H]5CCCN5C(=O)[C@H](C)OC(N)=O)[nH]4)cc3)nc2)[nH]1. The first-order valence-corrected chi connectivity index (χ1v) is 16.1. The maximum Gasteiger partial charge on any atom is 0.407 e. The van der Waals surface area contributed by atoms with Crippen molar-refractivity contribution < 1.29 is 28.7 Å². The number of carbonyl (C=O) groups excluding carboxylic acids is 4.